The number of aromatic nitrogens is 2. The topological polar surface area (TPSA) is 42.9 Å². The molecule has 0 aliphatic carbocycles. The Hall–Kier alpha value is -0.850. The highest BCUT2D eigenvalue weighted by Crippen LogP contribution is 2.24. The Balaban J connectivity index is 1.92. The lowest BCUT2D eigenvalue weighted by Crippen LogP contribution is -2.01. The molecule has 0 spiro atoms. The lowest BCUT2D eigenvalue weighted by Gasteiger charge is -1.97. The third kappa shape index (κ3) is 3.55. The van der Waals surface area contributed by atoms with Crippen LogP contribution in [0, 0.1) is 0 Å². The summed E-state index contributed by atoms with van der Waals surface area (Å²) in [6.45, 7) is 0. The van der Waals surface area contributed by atoms with Crippen LogP contribution in [-0.2, 0) is 0 Å². The molecule has 17 heavy (non-hydrogen) atoms. The van der Waals surface area contributed by atoms with Gasteiger partial charge >= 0.3 is 0 Å². The van der Waals surface area contributed by atoms with E-state index in [1.54, 1.807) is 0 Å². The van der Waals surface area contributed by atoms with Crippen molar-refractivity contribution in [2.75, 3.05) is 12.0 Å². The first kappa shape index (κ1) is 12.6. The molecule has 2 rings (SSSR count). The number of nitrogens with zero attached hydrogens (tertiary/aromatic N) is 2. The lowest BCUT2D eigenvalue weighted by molar-refractivity contribution is 0.102. The molecular formula is C11H10N2OS3. The molecule has 88 valence electrons. The van der Waals surface area contributed by atoms with Crippen LogP contribution in [-0.4, -0.2) is 27.1 Å². The Morgan fingerprint density at radius 3 is 2.76 bits per heavy atom. The van der Waals surface area contributed by atoms with Crippen LogP contribution < -0.4 is 0 Å². The molecule has 0 saturated heterocycles. The fourth-order valence-electron chi connectivity index (χ4n) is 1.17. The monoisotopic (exact) mass is 282 g/mol. The number of ketones is 1. The smallest absolute Gasteiger partial charge is 0.200 e. The van der Waals surface area contributed by atoms with Crippen molar-refractivity contribution in [1.29, 1.82) is 0 Å². The van der Waals surface area contributed by atoms with E-state index in [1.807, 2.05) is 36.6 Å². The molecular weight excluding hydrogens is 272 g/mol. The maximum absolute atomic E-state index is 11.8. The van der Waals surface area contributed by atoms with Crippen LogP contribution in [0.3, 0.4) is 0 Å². The minimum atomic E-state index is 0.122. The molecule has 0 unspecified atom stereocenters. The van der Waals surface area contributed by atoms with E-state index in [4.69, 9.17) is 0 Å². The Kier molecular flexibility index (Phi) is 4.58. The lowest BCUT2D eigenvalue weighted by atomic mass is 10.2. The van der Waals surface area contributed by atoms with Gasteiger partial charge in [0.25, 0.3) is 0 Å². The van der Waals surface area contributed by atoms with E-state index in [2.05, 4.69) is 9.36 Å². The fraction of sp³-hybridized carbons (Fsp3) is 0.182. The second kappa shape index (κ2) is 6.18. The van der Waals surface area contributed by atoms with Gasteiger partial charge in [-0.15, -0.1) is 0 Å². The van der Waals surface area contributed by atoms with E-state index in [1.165, 1.54) is 35.1 Å². The second-order valence-corrected chi connectivity index (χ2v) is 5.87. The van der Waals surface area contributed by atoms with Crippen LogP contribution in [0.25, 0.3) is 0 Å². The third-order valence-electron chi connectivity index (χ3n) is 1.99. The number of thioether (sulfide) groups is 2. The summed E-state index contributed by atoms with van der Waals surface area (Å²) < 4.78 is 4.99. The van der Waals surface area contributed by atoms with E-state index in [-0.39, 0.29) is 5.78 Å². The molecule has 0 bridgehead atoms. The van der Waals surface area contributed by atoms with Crippen molar-refractivity contribution in [2.24, 2.45) is 0 Å². The van der Waals surface area contributed by atoms with Crippen LogP contribution in [0.15, 0.2) is 39.8 Å². The van der Waals surface area contributed by atoms with Crippen molar-refractivity contribution in [3.05, 3.63) is 35.9 Å². The normalized spacial score (nSPS) is 10.4. The first-order valence-electron chi connectivity index (χ1n) is 4.88. The molecule has 1 aromatic heterocycles. The number of rotatable bonds is 5. The van der Waals surface area contributed by atoms with Crippen molar-refractivity contribution in [2.45, 2.75) is 9.50 Å². The van der Waals surface area contributed by atoms with E-state index in [0.29, 0.717) is 5.75 Å². The molecule has 0 aliphatic rings. The van der Waals surface area contributed by atoms with E-state index in [0.717, 1.165) is 15.1 Å². The highest BCUT2D eigenvalue weighted by molar-refractivity contribution is 8.01. The summed E-state index contributed by atoms with van der Waals surface area (Å²) in [6, 6.07) is 9.30. The van der Waals surface area contributed by atoms with Crippen molar-refractivity contribution in [1.82, 2.24) is 9.36 Å². The van der Waals surface area contributed by atoms with Gasteiger partial charge in [0, 0.05) is 5.56 Å². The maximum Gasteiger partial charge on any atom is 0.200 e. The van der Waals surface area contributed by atoms with E-state index < -0.39 is 0 Å². The molecule has 2 aromatic rings. The predicted octanol–water partition coefficient (Wildman–Crippen LogP) is 3.24. The molecule has 0 amide bonds. The van der Waals surface area contributed by atoms with Crippen molar-refractivity contribution >= 4 is 40.8 Å². The van der Waals surface area contributed by atoms with Crippen molar-refractivity contribution in [3.63, 3.8) is 0 Å². The number of carbonyl (C=O) groups excluding carboxylic acids is 1. The largest absolute Gasteiger partial charge is 0.293 e. The molecule has 0 saturated carbocycles. The van der Waals surface area contributed by atoms with Crippen LogP contribution >= 0.6 is 35.1 Å². The van der Waals surface area contributed by atoms with E-state index in [9.17, 15) is 4.79 Å². The number of hydrogen-bond acceptors (Lipinski definition) is 6. The third-order valence-corrected chi connectivity index (χ3v) is 4.49. The SMILES string of the molecule is CSc1nsc(SCC(=O)c2ccccc2)n1. The van der Waals surface area contributed by atoms with Gasteiger partial charge in [0.15, 0.2) is 10.1 Å². The Morgan fingerprint density at radius 1 is 1.35 bits per heavy atom. The summed E-state index contributed by atoms with van der Waals surface area (Å²) in [5.41, 5.74) is 0.745. The number of benzene rings is 1. The van der Waals surface area contributed by atoms with Gasteiger partial charge in [0.05, 0.1) is 5.75 Å². The van der Waals surface area contributed by atoms with Crippen molar-refractivity contribution in [3.8, 4) is 0 Å². The van der Waals surface area contributed by atoms with Gasteiger partial charge in [-0.2, -0.15) is 4.37 Å². The van der Waals surface area contributed by atoms with Gasteiger partial charge < -0.3 is 0 Å². The first-order chi connectivity index (χ1) is 8.29. The summed E-state index contributed by atoms with van der Waals surface area (Å²) in [5.74, 6) is 0.532. The maximum atomic E-state index is 11.8. The average Bonchev–Trinajstić information content (AvgIpc) is 2.85. The van der Waals surface area contributed by atoms with Crippen LogP contribution in [0.2, 0.25) is 0 Å². The van der Waals surface area contributed by atoms with Crippen molar-refractivity contribution < 1.29 is 4.79 Å². The highest BCUT2D eigenvalue weighted by Gasteiger charge is 2.09. The van der Waals surface area contributed by atoms with Gasteiger partial charge in [-0.1, -0.05) is 53.9 Å². The molecule has 1 aromatic carbocycles. The van der Waals surface area contributed by atoms with Gasteiger partial charge in [0.1, 0.15) is 0 Å². The molecule has 3 nitrogen and oxygen atoms in total. The van der Waals surface area contributed by atoms with E-state index >= 15 is 0 Å². The zero-order chi connectivity index (χ0) is 12.1. The summed E-state index contributed by atoms with van der Waals surface area (Å²) in [7, 11) is 0. The highest BCUT2D eigenvalue weighted by atomic mass is 32.2. The van der Waals surface area contributed by atoms with Gasteiger partial charge in [0.2, 0.25) is 5.16 Å². The minimum Gasteiger partial charge on any atom is -0.293 e. The Bertz CT molecular complexity index is 498. The zero-order valence-electron chi connectivity index (χ0n) is 9.12. The first-order valence-corrected chi connectivity index (χ1v) is 7.86. The summed E-state index contributed by atoms with van der Waals surface area (Å²) >= 11 is 4.29. The molecule has 6 heteroatoms. The number of Topliss-reactive ketones (excluding diaryl/α,β-unsaturated/α-hetero) is 1. The molecule has 0 N–H and O–H groups in total. The Labute approximate surface area is 112 Å². The standard InChI is InChI=1S/C11H10N2OS3/c1-15-10-12-11(17-13-10)16-7-9(14)8-5-3-2-4-6-8/h2-6H,7H2,1H3. The molecule has 0 fully saturated rings. The molecule has 0 aliphatic heterocycles. The average molecular weight is 282 g/mol. The zero-order valence-corrected chi connectivity index (χ0v) is 11.6. The van der Waals surface area contributed by atoms with Gasteiger partial charge in [-0.25, -0.2) is 4.98 Å². The Morgan fingerprint density at radius 2 is 2.12 bits per heavy atom. The summed E-state index contributed by atoms with van der Waals surface area (Å²) in [5, 5.41) is 0.768. The minimum absolute atomic E-state index is 0.122. The fourth-order valence-corrected chi connectivity index (χ4v) is 3.28. The van der Waals surface area contributed by atoms with Gasteiger partial charge in [-0.3, -0.25) is 4.79 Å². The second-order valence-electron chi connectivity index (χ2n) is 3.12. The van der Waals surface area contributed by atoms with Crippen LogP contribution in [0.5, 0.6) is 0 Å². The molecule has 0 atom stereocenters. The number of carbonyl (C=O) groups is 1. The van der Waals surface area contributed by atoms with Crippen LogP contribution in [0.1, 0.15) is 10.4 Å². The molecule has 0 radical (unpaired) electrons. The molecule has 1 heterocycles. The summed E-state index contributed by atoms with van der Waals surface area (Å²) in [6.07, 6.45) is 1.94. The van der Waals surface area contributed by atoms with Gasteiger partial charge in [-0.05, 0) is 17.8 Å². The van der Waals surface area contributed by atoms with Crippen LogP contribution in [0.4, 0.5) is 0 Å². The quantitative estimate of drug-likeness (QED) is 0.622. The predicted molar refractivity (Wildman–Crippen MR) is 73.2 cm³/mol. The number of hydrogen-bond donors (Lipinski definition) is 0. The summed E-state index contributed by atoms with van der Waals surface area (Å²) in [4.78, 5) is 16.1.